The standard InChI is InChI=1S/C22H21BrN2O5/c23-16-6-8-17(9-7-16)25-20(27)14-18(22(25)30)24(19(26)10-11-21(28)29)13-12-15-4-2-1-3-5-15/h1-9,18H,10-14H2,(H,28,29). The largest absolute Gasteiger partial charge is 0.481 e. The van der Waals surface area contributed by atoms with Gasteiger partial charge in [-0.2, -0.15) is 0 Å². The second-order valence-electron chi connectivity index (χ2n) is 6.98. The van der Waals surface area contributed by atoms with Crippen molar-refractivity contribution in [2.45, 2.75) is 31.7 Å². The summed E-state index contributed by atoms with van der Waals surface area (Å²) in [6.07, 6.45) is -0.176. The predicted octanol–water partition coefficient (Wildman–Crippen LogP) is 3.02. The predicted molar refractivity (Wildman–Crippen MR) is 114 cm³/mol. The van der Waals surface area contributed by atoms with Crippen molar-refractivity contribution in [3.63, 3.8) is 0 Å². The summed E-state index contributed by atoms with van der Waals surface area (Å²) in [6, 6.07) is 15.3. The molecule has 3 amide bonds. The highest BCUT2D eigenvalue weighted by molar-refractivity contribution is 9.10. The van der Waals surface area contributed by atoms with Gasteiger partial charge in [0, 0.05) is 17.4 Å². The van der Waals surface area contributed by atoms with Crippen molar-refractivity contribution in [3.8, 4) is 0 Å². The van der Waals surface area contributed by atoms with E-state index in [1.54, 1.807) is 24.3 Å². The lowest BCUT2D eigenvalue weighted by Crippen LogP contribution is -2.46. The molecule has 1 fully saturated rings. The second-order valence-corrected chi connectivity index (χ2v) is 7.90. The van der Waals surface area contributed by atoms with Crippen molar-refractivity contribution < 1.29 is 24.3 Å². The van der Waals surface area contributed by atoms with Gasteiger partial charge in [0.05, 0.1) is 18.5 Å². The molecular formula is C22H21BrN2O5. The van der Waals surface area contributed by atoms with E-state index in [1.807, 2.05) is 30.3 Å². The van der Waals surface area contributed by atoms with Gasteiger partial charge in [-0.3, -0.25) is 19.2 Å². The van der Waals surface area contributed by atoms with Crippen LogP contribution in [0, 0.1) is 0 Å². The average Bonchev–Trinajstić information content (AvgIpc) is 3.02. The molecule has 2 aromatic carbocycles. The Morgan fingerprint density at radius 3 is 2.33 bits per heavy atom. The van der Waals surface area contributed by atoms with Crippen molar-refractivity contribution in [1.82, 2.24) is 4.90 Å². The number of carbonyl (C=O) groups is 4. The molecule has 30 heavy (non-hydrogen) atoms. The van der Waals surface area contributed by atoms with Gasteiger partial charge >= 0.3 is 5.97 Å². The molecule has 0 bridgehead atoms. The van der Waals surface area contributed by atoms with E-state index in [4.69, 9.17) is 5.11 Å². The smallest absolute Gasteiger partial charge is 0.303 e. The van der Waals surface area contributed by atoms with E-state index in [0.717, 1.165) is 14.9 Å². The van der Waals surface area contributed by atoms with Crippen LogP contribution in [0.5, 0.6) is 0 Å². The number of nitrogens with zero attached hydrogens (tertiary/aromatic N) is 2. The molecule has 1 saturated heterocycles. The zero-order chi connectivity index (χ0) is 21.7. The van der Waals surface area contributed by atoms with E-state index in [9.17, 15) is 19.2 Å². The van der Waals surface area contributed by atoms with Crippen molar-refractivity contribution in [1.29, 1.82) is 0 Å². The molecule has 2 aromatic rings. The van der Waals surface area contributed by atoms with E-state index in [0.29, 0.717) is 12.1 Å². The first-order valence-corrected chi connectivity index (χ1v) is 10.3. The van der Waals surface area contributed by atoms with E-state index in [1.165, 1.54) is 4.90 Å². The van der Waals surface area contributed by atoms with Crippen LogP contribution in [-0.4, -0.2) is 46.3 Å². The van der Waals surface area contributed by atoms with Gasteiger partial charge in [0.25, 0.3) is 5.91 Å². The Kier molecular flexibility index (Phi) is 6.99. The molecule has 1 N–H and O–H groups in total. The number of benzene rings is 2. The third kappa shape index (κ3) is 5.13. The molecule has 1 aliphatic heterocycles. The Morgan fingerprint density at radius 1 is 1.03 bits per heavy atom. The molecular weight excluding hydrogens is 452 g/mol. The molecule has 156 valence electrons. The number of imide groups is 1. The topological polar surface area (TPSA) is 95.0 Å². The lowest BCUT2D eigenvalue weighted by Gasteiger charge is -2.27. The summed E-state index contributed by atoms with van der Waals surface area (Å²) in [4.78, 5) is 51.8. The summed E-state index contributed by atoms with van der Waals surface area (Å²) < 4.78 is 0.815. The Bertz CT molecular complexity index is 946. The van der Waals surface area contributed by atoms with Gasteiger partial charge in [-0.05, 0) is 36.2 Å². The summed E-state index contributed by atoms with van der Waals surface area (Å²) in [5.41, 5.74) is 1.42. The Labute approximate surface area is 182 Å². The fourth-order valence-corrected chi connectivity index (χ4v) is 3.69. The number of aliphatic carboxylic acids is 1. The van der Waals surface area contributed by atoms with E-state index < -0.39 is 23.8 Å². The van der Waals surface area contributed by atoms with E-state index >= 15 is 0 Å². The SMILES string of the molecule is O=C(O)CCC(=O)N(CCc1ccccc1)C1CC(=O)N(c2ccc(Br)cc2)C1=O. The third-order valence-corrected chi connectivity index (χ3v) is 5.47. The summed E-state index contributed by atoms with van der Waals surface area (Å²) in [7, 11) is 0. The molecule has 3 rings (SSSR count). The van der Waals surface area contributed by atoms with Crippen LogP contribution in [0.2, 0.25) is 0 Å². The number of carbonyl (C=O) groups excluding carboxylic acids is 3. The first kappa shape index (κ1) is 21.7. The molecule has 0 saturated carbocycles. The molecule has 0 spiro atoms. The van der Waals surface area contributed by atoms with Crippen LogP contribution in [0.1, 0.15) is 24.8 Å². The maximum absolute atomic E-state index is 13.1. The van der Waals surface area contributed by atoms with Gasteiger partial charge < -0.3 is 10.0 Å². The highest BCUT2D eigenvalue weighted by atomic mass is 79.9. The number of halogens is 1. The minimum atomic E-state index is -1.09. The molecule has 0 aromatic heterocycles. The lowest BCUT2D eigenvalue weighted by molar-refractivity contribution is -0.143. The van der Waals surface area contributed by atoms with Crippen LogP contribution in [0.3, 0.4) is 0 Å². The molecule has 8 heteroatoms. The van der Waals surface area contributed by atoms with Crippen molar-refractivity contribution in [3.05, 3.63) is 64.6 Å². The van der Waals surface area contributed by atoms with Gasteiger partial charge in [-0.25, -0.2) is 4.90 Å². The maximum atomic E-state index is 13.1. The monoisotopic (exact) mass is 472 g/mol. The van der Waals surface area contributed by atoms with E-state index in [2.05, 4.69) is 15.9 Å². The number of carboxylic acids is 1. The quantitative estimate of drug-likeness (QED) is 0.595. The molecule has 1 unspecified atom stereocenters. The minimum Gasteiger partial charge on any atom is -0.481 e. The van der Waals surface area contributed by atoms with Crippen LogP contribution in [-0.2, 0) is 25.6 Å². The number of hydrogen-bond donors (Lipinski definition) is 1. The summed E-state index contributed by atoms with van der Waals surface area (Å²) in [5, 5.41) is 8.92. The normalized spacial score (nSPS) is 16.0. The van der Waals surface area contributed by atoms with Crippen molar-refractivity contribution >= 4 is 45.3 Å². The molecule has 1 heterocycles. The number of rotatable bonds is 8. The molecule has 7 nitrogen and oxygen atoms in total. The number of amides is 3. The van der Waals surface area contributed by atoms with Crippen LogP contribution in [0.15, 0.2) is 59.1 Å². The zero-order valence-electron chi connectivity index (χ0n) is 16.2. The number of hydrogen-bond acceptors (Lipinski definition) is 4. The van der Waals surface area contributed by atoms with Crippen LogP contribution < -0.4 is 4.90 Å². The Balaban J connectivity index is 1.81. The van der Waals surface area contributed by atoms with Gasteiger partial charge in [-0.15, -0.1) is 0 Å². The summed E-state index contributed by atoms with van der Waals surface area (Å²) in [5.74, 6) is -2.39. The second kappa shape index (κ2) is 9.67. The fraction of sp³-hybridized carbons (Fsp3) is 0.273. The van der Waals surface area contributed by atoms with Crippen molar-refractivity contribution in [2.24, 2.45) is 0 Å². The summed E-state index contributed by atoms with van der Waals surface area (Å²) >= 11 is 3.32. The lowest BCUT2D eigenvalue weighted by atomic mass is 10.1. The van der Waals surface area contributed by atoms with Gasteiger partial charge in [0.15, 0.2) is 0 Å². The third-order valence-electron chi connectivity index (χ3n) is 4.94. The molecule has 0 radical (unpaired) electrons. The Hall–Kier alpha value is -3.00. The van der Waals surface area contributed by atoms with Crippen LogP contribution in [0.4, 0.5) is 5.69 Å². The van der Waals surface area contributed by atoms with Crippen molar-refractivity contribution in [2.75, 3.05) is 11.4 Å². The van der Waals surface area contributed by atoms with Gasteiger partial charge in [0.1, 0.15) is 6.04 Å². The van der Waals surface area contributed by atoms with Gasteiger partial charge in [-0.1, -0.05) is 46.3 Å². The zero-order valence-corrected chi connectivity index (χ0v) is 17.7. The Morgan fingerprint density at radius 2 is 1.70 bits per heavy atom. The van der Waals surface area contributed by atoms with Crippen LogP contribution in [0.25, 0.3) is 0 Å². The molecule has 1 atom stereocenters. The highest BCUT2D eigenvalue weighted by Gasteiger charge is 2.44. The van der Waals surface area contributed by atoms with E-state index in [-0.39, 0.29) is 31.7 Å². The highest BCUT2D eigenvalue weighted by Crippen LogP contribution is 2.27. The molecule has 0 aliphatic carbocycles. The average molecular weight is 473 g/mol. The number of anilines is 1. The molecule has 1 aliphatic rings. The first-order valence-electron chi connectivity index (χ1n) is 9.54. The summed E-state index contributed by atoms with van der Waals surface area (Å²) in [6.45, 7) is 0.223. The van der Waals surface area contributed by atoms with Gasteiger partial charge in [0.2, 0.25) is 11.8 Å². The number of carboxylic acid groups (broad SMARTS) is 1. The fourth-order valence-electron chi connectivity index (χ4n) is 3.43. The maximum Gasteiger partial charge on any atom is 0.303 e. The first-order chi connectivity index (χ1) is 14.4. The minimum absolute atomic E-state index is 0.123. The van der Waals surface area contributed by atoms with Crippen LogP contribution >= 0.6 is 15.9 Å².